The molecule has 15 heavy (non-hydrogen) atoms. The van der Waals surface area contributed by atoms with Crippen molar-refractivity contribution in [3.05, 3.63) is 35.0 Å². The van der Waals surface area contributed by atoms with Gasteiger partial charge in [-0.05, 0) is 30.7 Å². The van der Waals surface area contributed by atoms with Crippen LogP contribution in [0.2, 0.25) is 0 Å². The maximum Gasteiger partial charge on any atom is 0.248 e. The van der Waals surface area contributed by atoms with Crippen molar-refractivity contribution in [2.24, 2.45) is 5.73 Å². The molecule has 1 heterocycles. The van der Waals surface area contributed by atoms with Crippen LogP contribution in [0, 0.1) is 18.3 Å². The second kappa shape index (κ2) is 3.14. The van der Waals surface area contributed by atoms with Crippen LogP contribution >= 0.6 is 0 Å². The predicted octanol–water partition coefficient (Wildman–Crippen LogP) is 1.45. The lowest BCUT2D eigenvalue weighted by Gasteiger charge is -2.01. The summed E-state index contributed by atoms with van der Waals surface area (Å²) < 4.78 is 0. The summed E-state index contributed by atoms with van der Waals surface area (Å²) >= 11 is 0. The molecule has 0 aliphatic heterocycles. The summed E-state index contributed by atoms with van der Waals surface area (Å²) in [5.74, 6) is -0.450. The van der Waals surface area contributed by atoms with Gasteiger partial charge in [-0.2, -0.15) is 5.26 Å². The van der Waals surface area contributed by atoms with Crippen LogP contribution in [0.1, 0.15) is 21.6 Å². The predicted molar refractivity (Wildman–Crippen MR) is 56.3 cm³/mol. The normalized spacial score (nSPS) is 10.1. The van der Waals surface area contributed by atoms with Gasteiger partial charge in [-0.1, -0.05) is 0 Å². The fourth-order valence-corrected chi connectivity index (χ4v) is 1.68. The number of aryl methyl sites for hydroxylation is 1. The zero-order valence-corrected chi connectivity index (χ0v) is 8.16. The van der Waals surface area contributed by atoms with E-state index in [0.717, 1.165) is 16.5 Å². The van der Waals surface area contributed by atoms with Crippen molar-refractivity contribution >= 4 is 16.8 Å². The Kier molecular flexibility index (Phi) is 1.94. The molecule has 4 heteroatoms. The highest BCUT2D eigenvalue weighted by atomic mass is 16.1. The third-order valence-corrected chi connectivity index (χ3v) is 2.46. The number of hydrogen-bond acceptors (Lipinski definition) is 2. The minimum atomic E-state index is -0.450. The van der Waals surface area contributed by atoms with Gasteiger partial charge in [0.2, 0.25) is 5.91 Å². The number of H-pyrrole nitrogens is 1. The van der Waals surface area contributed by atoms with Crippen LogP contribution in [0.3, 0.4) is 0 Å². The van der Waals surface area contributed by atoms with Gasteiger partial charge in [0.05, 0.1) is 0 Å². The van der Waals surface area contributed by atoms with E-state index in [-0.39, 0.29) is 0 Å². The number of nitrogens with zero attached hydrogens (tertiary/aromatic N) is 1. The van der Waals surface area contributed by atoms with Crippen molar-refractivity contribution in [3.63, 3.8) is 0 Å². The zero-order chi connectivity index (χ0) is 11.0. The number of carbonyl (C=O) groups excluding carboxylic acids is 1. The minimum absolute atomic E-state index is 0.450. The third-order valence-electron chi connectivity index (χ3n) is 2.46. The van der Waals surface area contributed by atoms with Gasteiger partial charge in [0.1, 0.15) is 11.8 Å². The molecule has 4 nitrogen and oxygen atoms in total. The number of benzene rings is 1. The van der Waals surface area contributed by atoms with Crippen LogP contribution in [0.15, 0.2) is 18.2 Å². The molecule has 1 aromatic carbocycles. The van der Waals surface area contributed by atoms with Gasteiger partial charge < -0.3 is 10.7 Å². The molecule has 0 spiro atoms. The van der Waals surface area contributed by atoms with Crippen molar-refractivity contribution < 1.29 is 4.79 Å². The van der Waals surface area contributed by atoms with Crippen LogP contribution < -0.4 is 5.73 Å². The van der Waals surface area contributed by atoms with Crippen molar-refractivity contribution in [1.82, 2.24) is 4.98 Å². The average Bonchev–Trinajstić information content (AvgIpc) is 2.61. The van der Waals surface area contributed by atoms with Crippen LogP contribution in [0.4, 0.5) is 0 Å². The number of nitrogens with one attached hydrogen (secondary N) is 1. The number of hydrogen-bond donors (Lipinski definition) is 2. The Morgan fingerprint density at radius 2 is 2.27 bits per heavy atom. The summed E-state index contributed by atoms with van der Waals surface area (Å²) in [7, 11) is 0. The molecule has 3 N–H and O–H groups in total. The SMILES string of the molecule is Cc1c(C(N)=O)ccc2[nH]c(C#N)cc12. The Bertz CT molecular complexity index is 590. The first-order valence-corrected chi connectivity index (χ1v) is 4.45. The van der Waals surface area contributed by atoms with Crippen LogP contribution in [-0.2, 0) is 0 Å². The molecule has 0 bridgehead atoms. The standard InChI is InChI=1S/C11H9N3O/c1-6-8(11(13)15)2-3-10-9(6)4-7(5-12)14-10/h2-4,14H,1H3,(H2,13,15). The number of primary amides is 1. The molecule has 2 aromatic rings. The molecule has 0 unspecified atom stereocenters. The van der Waals surface area contributed by atoms with Gasteiger partial charge in [-0.25, -0.2) is 0 Å². The van der Waals surface area contributed by atoms with Gasteiger partial charge in [0, 0.05) is 16.5 Å². The zero-order valence-electron chi connectivity index (χ0n) is 8.16. The number of carbonyl (C=O) groups is 1. The summed E-state index contributed by atoms with van der Waals surface area (Å²) in [5, 5.41) is 9.60. The molecule has 0 fully saturated rings. The van der Waals surface area contributed by atoms with E-state index in [2.05, 4.69) is 4.98 Å². The molecule has 0 saturated heterocycles. The van der Waals surface area contributed by atoms with Crippen molar-refractivity contribution in [1.29, 1.82) is 5.26 Å². The molecular formula is C11H9N3O. The third kappa shape index (κ3) is 1.34. The Morgan fingerprint density at radius 1 is 1.53 bits per heavy atom. The minimum Gasteiger partial charge on any atom is -0.366 e. The van der Waals surface area contributed by atoms with E-state index < -0.39 is 5.91 Å². The van der Waals surface area contributed by atoms with E-state index in [9.17, 15) is 4.79 Å². The average molecular weight is 199 g/mol. The molecule has 0 aliphatic carbocycles. The number of aromatic amines is 1. The maximum absolute atomic E-state index is 11.1. The molecule has 1 aromatic heterocycles. The number of amides is 1. The van der Waals surface area contributed by atoms with E-state index >= 15 is 0 Å². The van der Waals surface area contributed by atoms with Crippen LogP contribution in [-0.4, -0.2) is 10.9 Å². The van der Waals surface area contributed by atoms with Gasteiger partial charge in [0.25, 0.3) is 0 Å². The largest absolute Gasteiger partial charge is 0.366 e. The second-order valence-corrected chi connectivity index (χ2v) is 3.36. The summed E-state index contributed by atoms with van der Waals surface area (Å²) in [6.45, 7) is 1.82. The van der Waals surface area contributed by atoms with E-state index in [4.69, 9.17) is 11.0 Å². The molecule has 2 rings (SSSR count). The summed E-state index contributed by atoms with van der Waals surface area (Å²) in [5.41, 5.74) is 7.85. The van der Waals surface area contributed by atoms with Gasteiger partial charge in [0.15, 0.2) is 0 Å². The van der Waals surface area contributed by atoms with E-state index in [1.165, 1.54) is 0 Å². The van der Waals surface area contributed by atoms with Crippen molar-refractivity contribution in [2.75, 3.05) is 0 Å². The fourth-order valence-electron chi connectivity index (χ4n) is 1.68. The topological polar surface area (TPSA) is 82.7 Å². The monoisotopic (exact) mass is 199 g/mol. The molecule has 0 radical (unpaired) electrons. The second-order valence-electron chi connectivity index (χ2n) is 3.36. The summed E-state index contributed by atoms with van der Waals surface area (Å²) in [6, 6.07) is 7.16. The van der Waals surface area contributed by atoms with E-state index in [1.54, 1.807) is 18.2 Å². The molecule has 0 saturated carbocycles. The smallest absolute Gasteiger partial charge is 0.248 e. The quantitative estimate of drug-likeness (QED) is 0.728. The first-order valence-electron chi connectivity index (χ1n) is 4.45. The molecule has 0 atom stereocenters. The fraction of sp³-hybridized carbons (Fsp3) is 0.0909. The Morgan fingerprint density at radius 3 is 2.87 bits per heavy atom. The Balaban J connectivity index is 2.79. The Hall–Kier alpha value is -2.28. The van der Waals surface area contributed by atoms with Crippen molar-refractivity contribution in [2.45, 2.75) is 6.92 Å². The van der Waals surface area contributed by atoms with Crippen molar-refractivity contribution in [3.8, 4) is 6.07 Å². The summed E-state index contributed by atoms with van der Waals surface area (Å²) in [4.78, 5) is 14.0. The first kappa shape index (κ1) is 9.28. The highest BCUT2D eigenvalue weighted by Gasteiger charge is 2.09. The van der Waals surface area contributed by atoms with E-state index in [1.807, 2.05) is 13.0 Å². The number of nitriles is 1. The molecule has 0 aliphatic rings. The van der Waals surface area contributed by atoms with Gasteiger partial charge >= 0.3 is 0 Å². The highest BCUT2D eigenvalue weighted by Crippen LogP contribution is 2.22. The molecule has 74 valence electrons. The number of rotatable bonds is 1. The van der Waals surface area contributed by atoms with Crippen LogP contribution in [0.25, 0.3) is 10.9 Å². The number of nitrogens with two attached hydrogens (primary N) is 1. The molecular weight excluding hydrogens is 190 g/mol. The van der Waals surface area contributed by atoms with Gasteiger partial charge in [-0.3, -0.25) is 4.79 Å². The van der Waals surface area contributed by atoms with E-state index in [0.29, 0.717) is 11.3 Å². The highest BCUT2D eigenvalue weighted by molar-refractivity contribution is 6.00. The summed E-state index contributed by atoms with van der Waals surface area (Å²) in [6.07, 6.45) is 0. The number of fused-ring (bicyclic) bond motifs is 1. The lowest BCUT2D eigenvalue weighted by Crippen LogP contribution is -2.12. The van der Waals surface area contributed by atoms with Crippen LogP contribution in [0.5, 0.6) is 0 Å². The maximum atomic E-state index is 11.1. The molecule has 1 amide bonds. The first-order chi connectivity index (χ1) is 7.13. The number of aromatic nitrogens is 1. The van der Waals surface area contributed by atoms with Gasteiger partial charge in [-0.15, -0.1) is 0 Å². The lowest BCUT2D eigenvalue weighted by molar-refractivity contribution is 0.1000. The lowest BCUT2D eigenvalue weighted by atomic mass is 10.0. The Labute approximate surface area is 86.3 Å².